The van der Waals surface area contributed by atoms with Crippen LogP contribution >= 0.6 is 0 Å². The van der Waals surface area contributed by atoms with E-state index in [0.29, 0.717) is 22.6 Å². The molecule has 0 aliphatic carbocycles. The van der Waals surface area contributed by atoms with Gasteiger partial charge in [-0.15, -0.1) is 10.2 Å². The highest BCUT2D eigenvalue weighted by atomic mass is 19.1. The molecule has 0 unspecified atom stereocenters. The highest BCUT2D eigenvalue weighted by molar-refractivity contribution is 6.00. The third kappa shape index (κ3) is 4.86. The molecule has 0 N–H and O–H groups in total. The van der Waals surface area contributed by atoms with Gasteiger partial charge in [-0.1, -0.05) is 41.6 Å². The predicted molar refractivity (Wildman–Crippen MR) is 121 cm³/mol. The van der Waals surface area contributed by atoms with Crippen LogP contribution in [0.15, 0.2) is 53.1 Å². The molecule has 180 valence electrons. The molecule has 12 heteroatoms. The monoisotopic (exact) mass is 480 g/mol. The lowest BCUT2D eigenvalue weighted by Crippen LogP contribution is -2.28. The van der Waals surface area contributed by atoms with Crippen LogP contribution in [0.3, 0.4) is 0 Å². The first-order valence-electron chi connectivity index (χ1n) is 10.6. The van der Waals surface area contributed by atoms with Gasteiger partial charge in [0.25, 0.3) is 0 Å². The molecular formula is C23H21FN6O5. The summed E-state index contributed by atoms with van der Waals surface area (Å²) in [4.78, 5) is 26.5. The van der Waals surface area contributed by atoms with Crippen molar-refractivity contribution >= 4 is 23.4 Å². The molecule has 2 heterocycles. The predicted octanol–water partition coefficient (Wildman–Crippen LogP) is 3.91. The van der Waals surface area contributed by atoms with E-state index in [9.17, 15) is 14.0 Å². The van der Waals surface area contributed by atoms with Crippen LogP contribution < -0.4 is 4.90 Å². The van der Waals surface area contributed by atoms with E-state index in [1.165, 1.54) is 25.3 Å². The summed E-state index contributed by atoms with van der Waals surface area (Å²) in [7, 11) is 1.27. The first-order chi connectivity index (χ1) is 16.9. The molecule has 0 spiro atoms. The van der Waals surface area contributed by atoms with E-state index in [1.807, 2.05) is 0 Å². The molecule has 11 nitrogen and oxygen atoms in total. The molecule has 2 aromatic heterocycles. The Balaban J connectivity index is 1.70. The second-order valence-electron chi connectivity index (χ2n) is 7.23. The number of methoxy groups -OCH3 is 1. The van der Waals surface area contributed by atoms with Crippen molar-refractivity contribution in [3.8, 4) is 22.7 Å². The summed E-state index contributed by atoms with van der Waals surface area (Å²) in [5.74, 6) is -0.566. The maximum Gasteiger partial charge on any atom is 0.419 e. The molecule has 4 rings (SSSR count). The number of para-hydroxylation sites is 1. The largest absolute Gasteiger partial charge is 0.468 e. The molecule has 2 aromatic carbocycles. The minimum Gasteiger partial charge on any atom is -0.468 e. The number of hydrogen-bond acceptors (Lipinski definition) is 9. The Bertz CT molecular complexity index is 1350. The van der Waals surface area contributed by atoms with Crippen molar-refractivity contribution in [2.24, 2.45) is 0 Å². The number of carbonyl (C=O) groups is 2. The Kier molecular flexibility index (Phi) is 6.81. The molecule has 0 aliphatic heterocycles. The summed E-state index contributed by atoms with van der Waals surface area (Å²) in [5.41, 5.74) is 1.81. The van der Waals surface area contributed by atoms with Gasteiger partial charge >= 0.3 is 12.1 Å². The van der Waals surface area contributed by atoms with Gasteiger partial charge in [0.2, 0.25) is 5.82 Å². The summed E-state index contributed by atoms with van der Waals surface area (Å²) in [5, 5.41) is 15.9. The third-order valence-corrected chi connectivity index (χ3v) is 4.96. The van der Waals surface area contributed by atoms with Crippen molar-refractivity contribution in [2.45, 2.75) is 20.4 Å². The van der Waals surface area contributed by atoms with Gasteiger partial charge in [-0.25, -0.2) is 18.9 Å². The molecule has 0 radical (unpaired) electrons. The average molecular weight is 480 g/mol. The molecule has 35 heavy (non-hydrogen) atoms. The number of ether oxygens (including phenoxy) is 2. The van der Waals surface area contributed by atoms with Gasteiger partial charge in [0.1, 0.15) is 17.2 Å². The van der Waals surface area contributed by atoms with E-state index < -0.39 is 17.9 Å². The number of carbonyl (C=O) groups excluding carboxylic acids is 2. The van der Waals surface area contributed by atoms with E-state index in [4.69, 9.17) is 9.26 Å². The quantitative estimate of drug-likeness (QED) is 0.362. The molecular weight excluding hydrogens is 459 g/mol. The molecule has 0 fully saturated rings. The number of aryl methyl sites for hydroxylation is 1. The average Bonchev–Trinajstić information content (AvgIpc) is 3.48. The maximum absolute atomic E-state index is 14.7. The van der Waals surface area contributed by atoms with Crippen LogP contribution in [0.1, 0.15) is 12.6 Å². The van der Waals surface area contributed by atoms with E-state index in [1.54, 1.807) is 44.2 Å². The Morgan fingerprint density at radius 3 is 2.51 bits per heavy atom. The first kappa shape index (κ1) is 23.5. The standard InChI is InChI=1S/C23H21FN6O5/c1-4-34-23(32)30(18-8-6-5-7-17(18)24)20-14(2)27-35-21(20)15-9-11-16(12-10-15)22-25-28-29(26-22)13-19(31)33-3/h5-12H,4,13H2,1-3H3. The van der Waals surface area contributed by atoms with Gasteiger partial charge in [-0.3, -0.25) is 0 Å². The lowest BCUT2D eigenvalue weighted by atomic mass is 10.1. The number of nitrogens with zero attached hydrogens (tertiary/aromatic N) is 6. The van der Waals surface area contributed by atoms with Crippen molar-refractivity contribution in [3.05, 3.63) is 60.0 Å². The highest BCUT2D eigenvalue weighted by Crippen LogP contribution is 2.39. The van der Waals surface area contributed by atoms with Crippen LogP contribution in [-0.4, -0.2) is 51.1 Å². The fourth-order valence-electron chi connectivity index (χ4n) is 3.33. The van der Waals surface area contributed by atoms with Crippen LogP contribution in [0, 0.1) is 12.7 Å². The Hall–Kier alpha value is -4.61. The van der Waals surface area contributed by atoms with Crippen molar-refractivity contribution in [3.63, 3.8) is 0 Å². The molecule has 0 saturated carbocycles. The van der Waals surface area contributed by atoms with Crippen molar-refractivity contribution in [1.29, 1.82) is 0 Å². The summed E-state index contributed by atoms with van der Waals surface area (Å²) in [6.45, 7) is 3.24. The molecule has 0 bridgehead atoms. The summed E-state index contributed by atoms with van der Waals surface area (Å²) in [6, 6.07) is 12.7. The lowest BCUT2D eigenvalue weighted by Gasteiger charge is -2.22. The van der Waals surface area contributed by atoms with Gasteiger partial charge in [-0.05, 0) is 31.2 Å². The van der Waals surface area contributed by atoms with Crippen LogP contribution in [-0.2, 0) is 20.8 Å². The zero-order chi connectivity index (χ0) is 24.9. The molecule has 4 aromatic rings. The van der Waals surface area contributed by atoms with Gasteiger partial charge in [0.05, 0.1) is 19.4 Å². The normalized spacial score (nSPS) is 10.7. The van der Waals surface area contributed by atoms with Gasteiger partial charge in [0.15, 0.2) is 12.3 Å². The number of rotatable bonds is 7. The van der Waals surface area contributed by atoms with E-state index in [2.05, 4.69) is 25.3 Å². The zero-order valence-electron chi connectivity index (χ0n) is 19.1. The highest BCUT2D eigenvalue weighted by Gasteiger charge is 2.30. The smallest absolute Gasteiger partial charge is 0.419 e. The van der Waals surface area contributed by atoms with Gasteiger partial charge in [-0.2, -0.15) is 4.80 Å². The van der Waals surface area contributed by atoms with Crippen LogP contribution in [0.25, 0.3) is 22.7 Å². The minimum atomic E-state index is -0.770. The summed E-state index contributed by atoms with van der Waals surface area (Å²) >= 11 is 0. The van der Waals surface area contributed by atoms with E-state index >= 15 is 0 Å². The third-order valence-electron chi connectivity index (χ3n) is 4.96. The number of anilines is 2. The fourth-order valence-corrected chi connectivity index (χ4v) is 3.33. The SMILES string of the molecule is CCOC(=O)N(c1ccccc1F)c1c(C)noc1-c1ccc(-c2nnn(CC(=O)OC)n2)cc1. The number of aromatic nitrogens is 5. The van der Waals surface area contributed by atoms with E-state index in [0.717, 1.165) is 9.70 Å². The van der Waals surface area contributed by atoms with Crippen LogP contribution in [0.2, 0.25) is 0 Å². The maximum atomic E-state index is 14.7. The topological polar surface area (TPSA) is 125 Å². The second-order valence-corrected chi connectivity index (χ2v) is 7.23. The summed E-state index contributed by atoms with van der Waals surface area (Å²) in [6.07, 6.45) is -0.770. The number of halogens is 1. The number of esters is 1. The molecule has 0 aliphatic rings. The molecule has 1 amide bonds. The fraction of sp³-hybridized carbons (Fsp3) is 0.217. The first-order valence-corrected chi connectivity index (χ1v) is 10.6. The Morgan fingerprint density at radius 2 is 1.83 bits per heavy atom. The summed E-state index contributed by atoms with van der Waals surface area (Å²) < 4.78 is 30.0. The van der Waals surface area contributed by atoms with Gasteiger partial charge < -0.3 is 14.0 Å². The zero-order valence-corrected chi connectivity index (χ0v) is 19.1. The van der Waals surface area contributed by atoms with Crippen molar-refractivity contribution in [2.75, 3.05) is 18.6 Å². The Morgan fingerprint density at radius 1 is 1.11 bits per heavy atom. The van der Waals surface area contributed by atoms with Crippen molar-refractivity contribution in [1.82, 2.24) is 25.4 Å². The van der Waals surface area contributed by atoms with Crippen molar-refractivity contribution < 1.29 is 28.0 Å². The van der Waals surface area contributed by atoms with Crippen LogP contribution in [0.4, 0.5) is 20.6 Å². The number of amides is 1. The number of tetrazole rings is 1. The number of hydrogen-bond donors (Lipinski definition) is 0. The van der Waals surface area contributed by atoms with Crippen LogP contribution in [0.5, 0.6) is 0 Å². The second kappa shape index (κ2) is 10.1. The molecule has 0 atom stereocenters. The lowest BCUT2D eigenvalue weighted by molar-refractivity contribution is -0.141. The Labute approximate surface area is 199 Å². The van der Waals surface area contributed by atoms with E-state index in [-0.39, 0.29) is 30.3 Å². The minimum absolute atomic E-state index is 0.00143. The number of benzene rings is 2. The molecule has 0 saturated heterocycles. The van der Waals surface area contributed by atoms with Gasteiger partial charge in [0, 0.05) is 11.1 Å².